The fourth-order valence-corrected chi connectivity index (χ4v) is 3.17. The molecule has 20 heavy (non-hydrogen) atoms. The smallest absolute Gasteiger partial charge is 0.293 e. The van der Waals surface area contributed by atoms with Gasteiger partial charge in [0.15, 0.2) is 0 Å². The molecule has 0 aromatic heterocycles. The van der Waals surface area contributed by atoms with E-state index in [0.717, 1.165) is 6.42 Å². The van der Waals surface area contributed by atoms with Crippen LogP contribution in [-0.4, -0.2) is 11.5 Å². The van der Waals surface area contributed by atoms with Crippen molar-refractivity contribution < 1.29 is 9.31 Å². The Morgan fingerprint density at radius 3 is 2.70 bits per heavy atom. The second-order valence-electron chi connectivity index (χ2n) is 5.26. The van der Waals surface area contributed by atoms with Crippen molar-refractivity contribution in [3.8, 4) is 0 Å². The molecule has 1 aliphatic carbocycles. The van der Waals surface area contributed by atoms with E-state index in [1.165, 1.54) is 44.2 Å². The van der Waals surface area contributed by atoms with Crippen molar-refractivity contribution in [1.29, 1.82) is 0 Å². The van der Waals surface area contributed by atoms with E-state index in [-0.39, 0.29) is 14.9 Å². The molecule has 0 bridgehead atoms. The number of anilines is 1. The summed E-state index contributed by atoms with van der Waals surface area (Å²) in [5.74, 6) is 0.278. The first-order valence-corrected chi connectivity index (χ1v) is 8.03. The van der Waals surface area contributed by atoms with Crippen molar-refractivity contribution in [2.75, 3.05) is 11.9 Å². The van der Waals surface area contributed by atoms with Gasteiger partial charge in [-0.25, -0.2) is 4.39 Å². The number of hydrogen-bond acceptors (Lipinski definition) is 3. The highest BCUT2D eigenvalue weighted by Crippen LogP contribution is 2.30. The summed E-state index contributed by atoms with van der Waals surface area (Å²) in [5, 5.41) is 14.0. The summed E-state index contributed by atoms with van der Waals surface area (Å²) in [6, 6.07) is 2.50. The zero-order valence-corrected chi connectivity index (χ0v) is 13.4. The van der Waals surface area contributed by atoms with Crippen LogP contribution in [0.25, 0.3) is 0 Å². The van der Waals surface area contributed by atoms with Crippen molar-refractivity contribution >= 4 is 34.0 Å². The van der Waals surface area contributed by atoms with Crippen molar-refractivity contribution in [3.05, 3.63) is 31.6 Å². The van der Waals surface area contributed by atoms with Crippen molar-refractivity contribution in [2.45, 2.75) is 38.5 Å². The number of nitrogens with one attached hydrogen (secondary N) is 1. The predicted octanol–water partition coefficient (Wildman–Crippen LogP) is 4.72. The largest absolute Gasteiger partial charge is 0.379 e. The van der Waals surface area contributed by atoms with Crippen LogP contribution in [-0.2, 0) is 0 Å². The molecule has 0 heterocycles. The molecular weight excluding hydrogens is 374 g/mol. The maximum Gasteiger partial charge on any atom is 0.293 e. The number of nitro benzene ring substituents is 1. The van der Waals surface area contributed by atoms with E-state index in [1.807, 2.05) is 0 Å². The lowest BCUT2D eigenvalue weighted by molar-refractivity contribution is -0.384. The van der Waals surface area contributed by atoms with Gasteiger partial charge in [0.1, 0.15) is 11.5 Å². The van der Waals surface area contributed by atoms with Crippen LogP contribution in [0.4, 0.5) is 15.8 Å². The maximum absolute atomic E-state index is 13.5. The zero-order valence-electron chi connectivity index (χ0n) is 11.2. The lowest BCUT2D eigenvalue weighted by Crippen LogP contribution is -2.13. The molecule has 1 aromatic carbocycles. The Kier molecular flexibility index (Phi) is 5.56. The Morgan fingerprint density at radius 2 is 2.05 bits per heavy atom. The van der Waals surface area contributed by atoms with Crippen LogP contribution in [0, 0.1) is 25.4 Å². The average Bonchev–Trinajstić information content (AvgIpc) is 2.43. The first-order valence-electron chi connectivity index (χ1n) is 6.95. The van der Waals surface area contributed by atoms with E-state index in [2.05, 4.69) is 5.32 Å². The van der Waals surface area contributed by atoms with Gasteiger partial charge < -0.3 is 5.32 Å². The summed E-state index contributed by atoms with van der Waals surface area (Å²) in [6.07, 6.45) is 7.35. The lowest BCUT2D eigenvalue weighted by Gasteiger charge is -2.21. The summed E-state index contributed by atoms with van der Waals surface area (Å²) in [4.78, 5) is 10.5. The molecule has 4 nitrogen and oxygen atoms in total. The molecule has 0 saturated heterocycles. The van der Waals surface area contributed by atoms with Crippen LogP contribution in [0.5, 0.6) is 0 Å². The number of benzene rings is 1. The SMILES string of the molecule is O=[N+]([O-])c1cc(I)c(F)cc1NCCC1CCCCC1. The molecule has 1 aromatic rings. The van der Waals surface area contributed by atoms with E-state index in [0.29, 0.717) is 12.5 Å². The molecule has 1 aliphatic rings. The summed E-state index contributed by atoms with van der Waals surface area (Å²) in [7, 11) is 0. The van der Waals surface area contributed by atoms with Crippen LogP contribution in [0.15, 0.2) is 12.1 Å². The van der Waals surface area contributed by atoms with Crippen molar-refractivity contribution in [2.24, 2.45) is 5.92 Å². The number of nitro groups is 1. The Labute approximate surface area is 131 Å². The molecule has 0 radical (unpaired) electrons. The van der Waals surface area contributed by atoms with Gasteiger partial charge in [-0.3, -0.25) is 10.1 Å². The summed E-state index contributed by atoms with van der Waals surface area (Å²) < 4.78 is 13.8. The molecule has 2 rings (SSSR count). The zero-order chi connectivity index (χ0) is 14.5. The van der Waals surface area contributed by atoms with E-state index >= 15 is 0 Å². The predicted molar refractivity (Wildman–Crippen MR) is 85.5 cm³/mol. The third-order valence-electron chi connectivity index (χ3n) is 3.83. The van der Waals surface area contributed by atoms with E-state index in [4.69, 9.17) is 0 Å². The minimum Gasteiger partial charge on any atom is -0.379 e. The molecule has 1 fully saturated rings. The molecule has 1 N–H and O–H groups in total. The van der Waals surface area contributed by atoms with Gasteiger partial charge in [-0.15, -0.1) is 0 Å². The molecule has 6 heteroatoms. The van der Waals surface area contributed by atoms with Crippen LogP contribution >= 0.6 is 22.6 Å². The van der Waals surface area contributed by atoms with Crippen molar-refractivity contribution in [1.82, 2.24) is 0 Å². The molecule has 0 unspecified atom stereocenters. The second-order valence-corrected chi connectivity index (χ2v) is 6.42. The first kappa shape index (κ1) is 15.5. The molecule has 1 saturated carbocycles. The third kappa shape index (κ3) is 4.04. The number of hydrogen-bond donors (Lipinski definition) is 1. The van der Waals surface area contributed by atoms with Gasteiger partial charge in [-0.2, -0.15) is 0 Å². The fraction of sp³-hybridized carbons (Fsp3) is 0.571. The van der Waals surface area contributed by atoms with Crippen molar-refractivity contribution in [3.63, 3.8) is 0 Å². The molecule has 0 atom stereocenters. The van der Waals surface area contributed by atoms with Gasteiger partial charge in [0.2, 0.25) is 0 Å². The highest BCUT2D eigenvalue weighted by Gasteiger charge is 2.18. The van der Waals surface area contributed by atoms with Gasteiger partial charge >= 0.3 is 0 Å². The van der Waals surface area contributed by atoms with E-state index < -0.39 is 10.7 Å². The molecular formula is C14H18FIN2O2. The topological polar surface area (TPSA) is 55.2 Å². The Morgan fingerprint density at radius 1 is 1.35 bits per heavy atom. The Hall–Kier alpha value is -0.920. The van der Waals surface area contributed by atoms with Crippen LogP contribution in [0.2, 0.25) is 0 Å². The monoisotopic (exact) mass is 392 g/mol. The van der Waals surface area contributed by atoms with Crippen LogP contribution in [0.3, 0.4) is 0 Å². The van der Waals surface area contributed by atoms with Crippen LogP contribution < -0.4 is 5.32 Å². The Balaban J connectivity index is 1.97. The Bertz CT molecular complexity index is 490. The normalized spacial score (nSPS) is 16.1. The summed E-state index contributed by atoms with van der Waals surface area (Å²) in [5.41, 5.74) is 0.225. The standard InChI is InChI=1S/C14H18FIN2O2/c15-11-8-13(14(18(19)20)9-12(11)16)17-7-6-10-4-2-1-3-5-10/h8-10,17H,1-7H2. The summed E-state index contributed by atoms with van der Waals surface area (Å²) in [6.45, 7) is 0.658. The number of rotatable bonds is 5. The molecule has 0 aliphatic heterocycles. The van der Waals surface area contributed by atoms with E-state index in [9.17, 15) is 14.5 Å². The van der Waals surface area contributed by atoms with Gasteiger partial charge in [0.25, 0.3) is 5.69 Å². The first-order chi connectivity index (χ1) is 9.58. The second kappa shape index (κ2) is 7.19. The number of halogens is 2. The highest BCUT2D eigenvalue weighted by atomic mass is 127. The summed E-state index contributed by atoms with van der Waals surface area (Å²) >= 11 is 1.77. The van der Waals surface area contributed by atoms with Crippen LogP contribution in [0.1, 0.15) is 38.5 Å². The van der Waals surface area contributed by atoms with Gasteiger partial charge in [0, 0.05) is 18.7 Å². The maximum atomic E-state index is 13.5. The van der Waals surface area contributed by atoms with E-state index in [1.54, 1.807) is 22.6 Å². The molecule has 110 valence electrons. The minimum absolute atomic E-state index is 0.0561. The fourth-order valence-electron chi connectivity index (χ4n) is 2.72. The third-order valence-corrected chi connectivity index (χ3v) is 4.65. The number of nitrogens with zero attached hydrogens (tertiary/aromatic N) is 1. The average molecular weight is 392 g/mol. The molecule has 0 spiro atoms. The lowest BCUT2D eigenvalue weighted by atomic mass is 9.87. The quantitative estimate of drug-likeness (QED) is 0.448. The highest BCUT2D eigenvalue weighted by molar-refractivity contribution is 14.1. The van der Waals surface area contributed by atoms with Gasteiger partial charge in [-0.1, -0.05) is 32.1 Å². The minimum atomic E-state index is -0.468. The molecule has 0 amide bonds. The van der Waals surface area contributed by atoms with Gasteiger partial charge in [-0.05, 0) is 34.9 Å². The van der Waals surface area contributed by atoms with Gasteiger partial charge in [0.05, 0.1) is 8.49 Å².